The molecule has 20 heavy (non-hydrogen) atoms. The highest BCUT2D eigenvalue weighted by Crippen LogP contribution is 2.34. The van der Waals surface area contributed by atoms with Crippen LogP contribution in [0, 0.1) is 0 Å². The van der Waals surface area contributed by atoms with E-state index in [2.05, 4.69) is 10.1 Å². The maximum Gasteiger partial charge on any atom is 0.339 e. The van der Waals surface area contributed by atoms with Gasteiger partial charge in [0.05, 0.1) is 13.7 Å². The summed E-state index contributed by atoms with van der Waals surface area (Å²) in [7, 11) is 1.14. The van der Waals surface area contributed by atoms with Gasteiger partial charge in [-0.05, 0) is 19.8 Å². The van der Waals surface area contributed by atoms with Crippen LogP contribution in [-0.2, 0) is 14.3 Å². The third kappa shape index (κ3) is 2.37. The Labute approximate surface area is 117 Å². The highest BCUT2D eigenvalue weighted by molar-refractivity contribution is 6.07. The summed E-state index contributed by atoms with van der Waals surface area (Å²) in [6.45, 7) is 0.831. The largest absolute Gasteiger partial charge is 0.467 e. The van der Waals surface area contributed by atoms with Crippen LogP contribution in [0.1, 0.15) is 39.0 Å². The third-order valence-corrected chi connectivity index (χ3v) is 4.04. The van der Waals surface area contributed by atoms with Gasteiger partial charge in [-0.25, -0.2) is 9.59 Å². The summed E-state index contributed by atoms with van der Waals surface area (Å²) < 4.78 is 4.47. The molecule has 2 aliphatic rings. The fourth-order valence-electron chi connectivity index (χ4n) is 2.91. The molecule has 1 aliphatic heterocycles. The smallest absolute Gasteiger partial charge is 0.339 e. The molecular weight excluding hydrogens is 264 g/mol. The minimum Gasteiger partial charge on any atom is -0.467 e. The van der Waals surface area contributed by atoms with E-state index in [1.807, 2.05) is 0 Å². The summed E-state index contributed by atoms with van der Waals surface area (Å²) >= 11 is 0. The standard InChI is InChI=1S/C13H20N2O5/c1-12(19,10(17)20-2)8-15-9(16)13(14-11(15)18)6-4-3-5-7-13/h19H,3-8H2,1-2H3,(H,14,18). The van der Waals surface area contributed by atoms with Gasteiger partial charge < -0.3 is 15.2 Å². The average molecular weight is 284 g/mol. The normalized spacial score (nSPS) is 24.4. The Morgan fingerprint density at radius 2 is 2.00 bits per heavy atom. The molecule has 112 valence electrons. The third-order valence-electron chi connectivity index (χ3n) is 4.04. The van der Waals surface area contributed by atoms with Crippen LogP contribution in [0.3, 0.4) is 0 Å². The fourth-order valence-corrected chi connectivity index (χ4v) is 2.91. The molecule has 1 atom stereocenters. The summed E-state index contributed by atoms with van der Waals surface area (Å²) in [6, 6.07) is -0.555. The van der Waals surface area contributed by atoms with Crippen LogP contribution in [0.15, 0.2) is 0 Å². The zero-order chi connectivity index (χ0) is 15.0. The molecule has 3 amide bonds. The van der Waals surface area contributed by atoms with Gasteiger partial charge >= 0.3 is 12.0 Å². The van der Waals surface area contributed by atoms with Gasteiger partial charge in [-0.2, -0.15) is 0 Å². The number of hydrogen-bond acceptors (Lipinski definition) is 5. The Balaban J connectivity index is 2.15. The van der Waals surface area contributed by atoms with Crippen molar-refractivity contribution in [1.82, 2.24) is 10.2 Å². The first-order valence-electron chi connectivity index (χ1n) is 6.77. The first-order chi connectivity index (χ1) is 9.32. The molecule has 1 saturated heterocycles. The van der Waals surface area contributed by atoms with Gasteiger partial charge in [0, 0.05) is 0 Å². The van der Waals surface area contributed by atoms with Crippen molar-refractivity contribution in [2.24, 2.45) is 0 Å². The van der Waals surface area contributed by atoms with E-state index < -0.39 is 29.7 Å². The maximum atomic E-state index is 12.5. The number of carbonyl (C=O) groups excluding carboxylic acids is 3. The van der Waals surface area contributed by atoms with Crippen LogP contribution in [0.5, 0.6) is 0 Å². The van der Waals surface area contributed by atoms with E-state index in [9.17, 15) is 19.5 Å². The lowest BCUT2D eigenvalue weighted by Gasteiger charge is -2.31. The molecule has 0 aromatic rings. The number of methoxy groups -OCH3 is 1. The van der Waals surface area contributed by atoms with E-state index in [0.29, 0.717) is 12.8 Å². The number of carbonyl (C=O) groups is 3. The summed E-state index contributed by atoms with van der Waals surface area (Å²) in [4.78, 5) is 36.8. The number of rotatable bonds is 3. The van der Waals surface area contributed by atoms with E-state index >= 15 is 0 Å². The number of imide groups is 1. The lowest BCUT2D eigenvalue weighted by Crippen LogP contribution is -2.51. The Hall–Kier alpha value is -1.63. The van der Waals surface area contributed by atoms with Gasteiger partial charge in [0.25, 0.3) is 5.91 Å². The fraction of sp³-hybridized carbons (Fsp3) is 0.769. The molecule has 0 bridgehead atoms. The summed E-state index contributed by atoms with van der Waals surface area (Å²) in [5.74, 6) is -1.23. The number of hydrogen-bond donors (Lipinski definition) is 2. The van der Waals surface area contributed by atoms with E-state index in [1.54, 1.807) is 0 Å². The van der Waals surface area contributed by atoms with Crippen LogP contribution in [0.2, 0.25) is 0 Å². The van der Waals surface area contributed by atoms with Gasteiger partial charge in [-0.1, -0.05) is 19.3 Å². The molecule has 0 aromatic carbocycles. The van der Waals surface area contributed by atoms with Crippen molar-refractivity contribution in [3.63, 3.8) is 0 Å². The molecule has 1 unspecified atom stereocenters. The number of esters is 1. The lowest BCUT2D eigenvalue weighted by atomic mass is 9.81. The molecule has 2 rings (SSSR count). The lowest BCUT2D eigenvalue weighted by molar-refractivity contribution is -0.162. The van der Waals surface area contributed by atoms with Crippen molar-refractivity contribution in [3.05, 3.63) is 0 Å². The number of nitrogens with one attached hydrogen (secondary N) is 1. The van der Waals surface area contributed by atoms with Crippen LogP contribution in [-0.4, -0.2) is 52.7 Å². The number of β-amino-alcohol motifs (C(OH)–C–C–N with tert-alkyl or cyclic N) is 1. The zero-order valence-corrected chi connectivity index (χ0v) is 11.8. The Morgan fingerprint density at radius 1 is 1.40 bits per heavy atom. The molecule has 0 aromatic heterocycles. The molecule has 0 radical (unpaired) electrons. The second-order valence-corrected chi connectivity index (χ2v) is 5.73. The molecule has 7 nitrogen and oxygen atoms in total. The van der Waals surface area contributed by atoms with Gasteiger partial charge in [-0.3, -0.25) is 9.69 Å². The number of nitrogens with zero attached hydrogens (tertiary/aromatic N) is 1. The summed E-state index contributed by atoms with van der Waals surface area (Å²) in [6.07, 6.45) is 4.02. The van der Waals surface area contributed by atoms with Crippen molar-refractivity contribution in [2.45, 2.75) is 50.2 Å². The number of ether oxygens (including phenoxy) is 1. The first kappa shape index (κ1) is 14.8. The Kier molecular flexibility index (Phi) is 3.73. The minimum atomic E-state index is -1.90. The van der Waals surface area contributed by atoms with Gasteiger partial charge in [-0.15, -0.1) is 0 Å². The minimum absolute atomic E-state index is 0.355. The van der Waals surface area contributed by atoms with Crippen molar-refractivity contribution in [2.75, 3.05) is 13.7 Å². The second-order valence-electron chi connectivity index (χ2n) is 5.73. The highest BCUT2D eigenvalue weighted by atomic mass is 16.5. The molecule has 1 spiro atoms. The van der Waals surface area contributed by atoms with Gasteiger partial charge in [0.15, 0.2) is 5.60 Å². The maximum absolute atomic E-state index is 12.5. The predicted octanol–water partition coefficient (Wildman–Crippen LogP) is 0.165. The van der Waals surface area contributed by atoms with Crippen LogP contribution < -0.4 is 5.32 Å². The highest BCUT2D eigenvalue weighted by Gasteiger charge is 2.53. The molecular formula is C13H20N2O5. The molecule has 1 aliphatic carbocycles. The van der Waals surface area contributed by atoms with E-state index in [-0.39, 0.29) is 5.91 Å². The Bertz CT molecular complexity index is 440. The van der Waals surface area contributed by atoms with Crippen molar-refractivity contribution in [3.8, 4) is 0 Å². The van der Waals surface area contributed by atoms with E-state index in [1.165, 1.54) is 6.92 Å². The van der Waals surface area contributed by atoms with Crippen LogP contribution in [0.4, 0.5) is 4.79 Å². The topological polar surface area (TPSA) is 95.9 Å². The van der Waals surface area contributed by atoms with E-state index in [0.717, 1.165) is 31.3 Å². The van der Waals surface area contributed by atoms with Crippen molar-refractivity contribution < 1.29 is 24.2 Å². The zero-order valence-electron chi connectivity index (χ0n) is 11.8. The molecule has 7 heteroatoms. The quantitative estimate of drug-likeness (QED) is 0.568. The average Bonchev–Trinajstić information content (AvgIpc) is 2.63. The van der Waals surface area contributed by atoms with Crippen molar-refractivity contribution in [1.29, 1.82) is 0 Å². The Morgan fingerprint density at radius 3 is 2.55 bits per heavy atom. The number of aliphatic hydroxyl groups is 1. The van der Waals surface area contributed by atoms with Crippen molar-refractivity contribution >= 4 is 17.9 Å². The monoisotopic (exact) mass is 284 g/mol. The number of urea groups is 1. The summed E-state index contributed by atoms with van der Waals surface area (Å²) in [5.41, 5.74) is -2.75. The number of amides is 3. The molecule has 2 N–H and O–H groups in total. The first-order valence-corrected chi connectivity index (χ1v) is 6.77. The predicted molar refractivity (Wildman–Crippen MR) is 68.7 cm³/mol. The SMILES string of the molecule is COC(=O)C(C)(O)CN1C(=O)NC2(CCCCC2)C1=O. The van der Waals surface area contributed by atoms with Gasteiger partial charge in [0.1, 0.15) is 5.54 Å². The van der Waals surface area contributed by atoms with Crippen LogP contribution in [0.25, 0.3) is 0 Å². The summed E-state index contributed by atoms with van der Waals surface area (Å²) in [5, 5.41) is 12.7. The molecule has 1 saturated carbocycles. The molecule has 1 heterocycles. The molecule has 2 fully saturated rings. The van der Waals surface area contributed by atoms with Gasteiger partial charge in [0.2, 0.25) is 0 Å². The van der Waals surface area contributed by atoms with E-state index in [4.69, 9.17) is 0 Å². The second kappa shape index (κ2) is 5.05. The van der Waals surface area contributed by atoms with Crippen LogP contribution >= 0.6 is 0 Å².